The van der Waals surface area contributed by atoms with Crippen molar-refractivity contribution in [2.24, 2.45) is 0 Å². The van der Waals surface area contributed by atoms with Gasteiger partial charge in [-0.1, -0.05) is 0 Å². The highest BCUT2D eigenvalue weighted by molar-refractivity contribution is 7.98. The zero-order valence-corrected chi connectivity index (χ0v) is 15.2. The predicted octanol–water partition coefficient (Wildman–Crippen LogP) is 2.33. The summed E-state index contributed by atoms with van der Waals surface area (Å²) in [6.07, 6.45) is 4.27. The molecule has 1 aromatic heterocycles. The van der Waals surface area contributed by atoms with Gasteiger partial charge >= 0.3 is 5.97 Å². The monoisotopic (exact) mass is 363 g/mol. The Morgan fingerprint density at radius 3 is 2.80 bits per heavy atom. The third-order valence-corrected chi connectivity index (χ3v) is 5.18. The first-order valence-electron chi connectivity index (χ1n) is 7.87. The molecule has 0 amide bonds. The van der Waals surface area contributed by atoms with Crippen molar-refractivity contribution in [3.8, 4) is 11.5 Å². The van der Waals surface area contributed by atoms with Gasteiger partial charge in [-0.05, 0) is 18.4 Å². The number of carboxylic acid groups (broad SMARTS) is 1. The molecule has 1 aliphatic rings. The van der Waals surface area contributed by atoms with Crippen LogP contribution in [0.2, 0.25) is 0 Å². The van der Waals surface area contributed by atoms with Gasteiger partial charge in [0, 0.05) is 30.8 Å². The molecule has 0 bridgehead atoms. The summed E-state index contributed by atoms with van der Waals surface area (Å²) in [5, 5.41) is 9.71. The SMILES string of the molecule is COc1cc(SC)c(OC)cc1CN1CCc2[nH]cnc2C1C(=O)O. The summed E-state index contributed by atoms with van der Waals surface area (Å²) in [4.78, 5) is 22.0. The minimum absolute atomic E-state index is 0.442. The van der Waals surface area contributed by atoms with E-state index in [9.17, 15) is 9.90 Å². The Labute approximate surface area is 150 Å². The number of carboxylic acids is 1. The fraction of sp³-hybridized carbons (Fsp3) is 0.412. The number of thioether (sulfide) groups is 1. The van der Waals surface area contributed by atoms with E-state index in [0.29, 0.717) is 18.8 Å². The molecule has 8 heteroatoms. The molecule has 0 saturated heterocycles. The summed E-state index contributed by atoms with van der Waals surface area (Å²) in [5.41, 5.74) is 2.37. The van der Waals surface area contributed by atoms with Gasteiger partial charge < -0.3 is 19.6 Å². The highest BCUT2D eigenvalue weighted by atomic mass is 32.2. The van der Waals surface area contributed by atoms with Crippen LogP contribution in [-0.4, -0.2) is 53.0 Å². The lowest BCUT2D eigenvalue weighted by molar-refractivity contribution is -0.144. The van der Waals surface area contributed by atoms with Gasteiger partial charge in [0.2, 0.25) is 0 Å². The number of nitrogens with zero attached hydrogens (tertiary/aromatic N) is 2. The molecule has 0 radical (unpaired) electrons. The van der Waals surface area contributed by atoms with Gasteiger partial charge in [-0.3, -0.25) is 9.69 Å². The van der Waals surface area contributed by atoms with Crippen molar-refractivity contribution in [3.05, 3.63) is 35.4 Å². The lowest BCUT2D eigenvalue weighted by Crippen LogP contribution is -2.39. The maximum atomic E-state index is 11.8. The van der Waals surface area contributed by atoms with Crippen LogP contribution >= 0.6 is 11.8 Å². The van der Waals surface area contributed by atoms with Crippen LogP contribution in [-0.2, 0) is 17.8 Å². The Kier molecular flexibility index (Phi) is 5.19. The topological polar surface area (TPSA) is 87.7 Å². The largest absolute Gasteiger partial charge is 0.496 e. The van der Waals surface area contributed by atoms with Crippen molar-refractivity contribution >= 4 is 17.7 Å². The van der Waals surface area contributed by atoms with Gasteiger partial charge in [0.25, 0.3) is 0 Å². The van der Waals surface area contributed by atoms with Crippen molar-refractivity contribution in [2.45, 2.75) is 23.9 Å². The van der Waals surface area contributed by atoms with Crippen LogP contribution in [0.5, 0.6) is 11.5 Å². The van der Waals surface area contributed by atoms with Crippen LogP contribution < -0.4 is 9.47 Å². The molecule has 134 valence electrons. The molecule has 1 unspecified atom stereocenters. The molecular formula is C17H21N3O4S. The number of aliphatic carboxylic acids is 1. The quantitative estimate of drug-likeness (QED) is 0.762. The molecule has 1 aliphatic heterocycles. The first-order valence-corrected chi connectivity index (χ1v) is 9.09. The van der Waals surface area contributed by atoms with Crippen molar-refractivity contribution in [1.29, 1.82) is 0 Å². The number of hydrogen-bond acceptors (Lipinski definition) is 6. The van der Waals surface area contributed by atoms with Crippen molar-refractivity contribution in [3.63, 3.8) is 0 Å². The minimum atomic E-state index is -0.903. The van der Waals surface area contributed by atoms with Crippen LogP contribution in [0.1, 0.15) is 23.0 Å². The molecule has 2 N–H and O–H groups in total. The number of H-pyrrole nitrogens is 1. The summed E-state index contributed by atoms with van der Waals surface area (Å²) in [7, 11) is 3.24. The van der Waals surface area contributed by atoms with Crippen LogP contribution in [0.4, 0.5) is 0 Å². The van der Waals surface area contributed by atoms with Gasteiger partial charge in [-0.25, -0.2) is 4.98 Å². The molecule has 2 heterocycles. The van der Waals surface area contributed by atoms with Gasteiger partial charge in [0.1, 0.15) is 11.5 Å². The van der Waals surface area contributed by atoms with Crippen LogP contribution in [0.15, 0.2) is 23.4 Å². The molecule has 7 nitrogen and oxygen atoms in total. The molecule has 1 aromatic carbocycles. The third kappa shape index (κ3) is 3.32. The minimum Gasteiger partial charge on any atom is -0.496 e. The lowest BCUT2D eigenvalue weighted by Gasteiger charge is -2.32. The summed E-state index contributed by atoms with van der Waals surface area (Å²) in [6.45, 7) is 1.07. The highest BCUT2D eigenvalue weighted by Crippen LogP contribution is 2.37. The van der Waals surface area contributed by atoms with Crippen LogP contribution in [0.3, 0.4) is 0 Å². The number of ether oxygens (including phenoxy) is 2. The Bertz CT molecular complexity index is 777. The molecule has 1 atom stereocenters. The molecule has 0 saturated carbocycles. The zero-order chi connectivity index (χ0) is 18.0. The smallest absolute Gasteiger partial charge is 0.327 e. The Morgan fingerprint density at radius 2 is 2.16 bits per heavy atom. The molecule has 2 aromatic rings. The normalized spacial score (nSPS) is 17.2. The number of carbonyl (C=O) groups is 1. The Morgan fingerprint density at radius 1 is 1.40 bits per heavy atom. The number of imidazole rings is 1. The zero-order valence-electron chi connectivity index (χ0n) is 14.4. The second-order valence-corrected chi connectivity index (χ2v) is 6.59. The summed E-state index contributed by atoms with van der Waals surface area (Å²) >= 11 is 1.57. The van der Waals surface area contributed by atoms with Crippen molar-refractivity contribution < 1.29 is 19.4 Å². The van der Waals surface area contributed by atoms with E-state index in [4.69, 9.17) is 9.47 Å². The Hall–Kier alpha value is -2.19. The van der Waals surface area contributed by atoms with Gasteiger partial charge in [-0.2, -0.15) is 0 Å². The first kappa shape index (κ1) is 17.6. The molecule has 0 spiro atoms. The summed E-state index contributed by atoms with van der Waals surface area (Å²) in [5.74, 6) is 0.578. The van der Waals surface area contributed by atoms with E-state index in [0.717, 1.165) is 34.1 Å². The number of aromatic amines is 1. The average molecular weight is 363 g/mol. The maximum Gasteiger partial charge on any atom is 0.327 e. The second kappa shape index (κ2) is 7.37. The van der Waals surface area contributed by atoms with E-state index in [-0.39, 0.29) is 0 Å². The van der Waals surface area contributed by atoms with E-state index in [1.54, 1.807) is 32.3 Å². The van der Waals surface area contributed by atoms with Crippen LogP contribution in [0.25, 0.3) is 0 Å². The molecule has 3 rings (SSSR count). The third-order valence-electron chi connectivity index (χ3n) is 4.42. The number of benzene rings is 1. The number of hydrogen-bond donors (Lipinski definition) is 2. The predicted molar refractivity (Wildman–Crippen MR) is 94.4 cm³/mol. The Balaban J connectivity index is 1.95. The van der Waals surface area contributed by atoms with Gasteiger partial charge in [-0.15, -0.1) is 11.8 Å². The van der Waals surface area contributed by atoms with E-state index >= 15 is 0 Å². The molecule has 0 aliphatic carbocycles. The molecular weight excluding hydrogens is 342 g/mol. The molecule has 0 fully saturated rings. The summed E-state index contributed by atoms with van der Waals surface area (Å²) in [6, 6.07) is 3.08. The number of nitrogens with one attached hydrogen (secondary N) is 1. The number of aromatic nitrogens is 2. The van der Waals surface area contributed by atoms with E-state index in [1.165, 1.54) is 0 Å². The van der Waals surface area contributed by atoms with Crippen LogP contribution in [0, 0.1) is 0 Å². The molecule has 25 heavy (non-hydrogen) atoms. The van der Waals surface area contributed by atoms with Gasteiger partial charge in [0.15, 0.2) is 6.04 Å². The standard InChI is InChI=1S/C17H21N3O4S/c1-23-12-7-14(25-3)13(24-2)6-10(12)8-20-5-4-11-15(19-9-18-11)16(20)17(21)22/h6-7,9,16H,4-5,8H2,1-3H3,(H,18,19)(H,21,22). The first-order chi connectivity index (χ1) is 12.1. The van der Waals surface area contributed by atoms with E-state index in [1.807, 2.05) is 23.3 Å². The number of fused-ring (bicyclic) bond motifs is 1. The fourth-order valence-electron chi connectivity index (χ4n) is 3.20. The fourth-order valence-corrected chi connectivity index (χ4v) is 3.77. The van der Waals surface area contributed by atoms with E-state index < -0.39 is 12.0 Å². The van der Waals surface area contributed by atoms with Gasteiger partial charge in [0.05, 0.1) is 31.1 Å². The van der Waals surface area contributed by atoms with Crippen molar-refractivity contribution in [2.75, 3.05) is 27.0 Å². The summed E-state index contributed by atoms with van der Waals surface area (Å²) < 4.78 is 11.0. The van der Waals surface area contributed by atoms with E-state index in [2.05, 4.69) is 9.97 Å². The number of rotatable bonds is 6. The average Bonchev–Trinajstić information content (AvgIpc) is 3.09. The maximum absolute atomic E-state index is 11.8. The number of methoxy groups -OCH3 is 2. The second-order valence-electron chi connectivity index (χ2n) is 5.75. The highest BCUT2D eigenvalue weighted by Gasteiger charge is 2.35. The lowest BCUT2D eigenvalue weighted by atomic mass is 10.0. The van der Waals surface area contributed by atoms with Crippen molar-refractivity contribution in [1.82, 2.24) is 14.9 Å².